The Morgan fingerprint density at radius 2 is 0.877 bits per heavy atom. The minimum atomic E-state index is 0.938. The van der Waals surface area contributed by atoms with E-state index in [0.717, 1.165) is 87.6 Å². The summed E-state index contributed by atoms with van der Waals surface area (Å²) in [5.74, 6) is 11.1. The van der Waals surface area contributed by atoms with Crippen LogP contribution in [-0.2, 0) is 27.3 Å². The summed E-state index contributed by atoms with van der Waals surface area (Å²) in [6.07, 6.45) is 38.1. The van der Waals surface area contributed by atoms with Crippen LogP contribution in [0.1, 0.15) is 230 Å². The number of unbranched alkanes of at least 4 members (excludes halogenated alkanes) is 21. The Bertz CT molecular complexity index is 1450. The molecule has 0 radical (unpaired) electrons. The quantitative estimate of drug-likeness (QED) is 0.0313. The summed E-state index contributed by atoms with van der Waals surface area (Å²) < 4.78 is 1.56. The number of benzene rings is 2. The summed E-state index contributed by atoms with van der Waals surface area (Å²) in [6.45, 7) is 9.09. The van der Waals surface area contributed by atoms with Gasteiger partial charge in [-0.2, -0.15) is 0 Å². The maximum atomic E-state index is 12.1. The normalized spacial score (nSPS) is 12.6. The summed E-state index contributed by atoms with van der Waals surface area (Å²) in [4.78, 5) is 0. The average Bonchev–Trinajstić information content (AvgIpc) is 3.50. The van der Waals surface area contributed by atoms with E-state index in [9.17, 15) is 5.53 Å². The predicted molar refractivity (Wildman–Crippen MR) is 249 cm³/mol. The zero-order chi connectivity index (χ0) is 41.2. The first-order chi connectivity index (χ1) is 28.1. The van der Waals surface area contributed by atoms with E-state index in [0.29, 0.717) is 0 Å². The minimum absolute atomic E-state index is 0.938. The molecular formula is C54H86N2Ni. The Hall–Kier alpha value is -2.43. The van der Waals surface area contributed by atoms with Crippen molar-refractivity contribution < 1.29 is 19.1 Å². The molecule has 0 fully saturated rings. The van der Waals surface area contributed by atoms with E-state index >= 15 is 0 Å². The van der Waals surface area contributed by atoms with Gasteiger partial charge in [-0.05, 0) is 87.1 Å². The van der Waals surface area contributed by atoms with Gasteiger partial charge in [-0.15, -0.1) is 11.8 Å². The first kappa shape index (κ1) is 50.7. The standard InChI is InChI=1S/C52H80N2.2CH3.Ni/c1-5-9-13-14-15-16-17-18-19-20-21-22-23-24-25-26-27-28-29-30-31-32-36-46-37-33-34-40-48(46)52-50(39-12-8-4)49(38-11-7-3)51(54(52)53)47-43-41-45(42-44-47)35-10-6-2;;;/h33-34,37,40-44H,5-28,31-32,35-36,38-39H2,1-4H3;2*1H3;. The van der Waals surface area contributed by atoms with Gasteiger partial charge in [0.1, 0.15) is 0 Å². The van der Waals surface area contributed by atoms with Gasteiger partial charge in [0.15, 0.2) is 0 Å². The Kier molecular flexibility index (Phi) is 30.6. The predicted octanol–water partition coefficient (Wildman–Crippen LogP) is 18.1. The summed E-state index contributed by atoms with van der Waals surface area (Å²) in [6, 6.07) is 17.8. The zero-order valence-corrected chi connectivity index (χ0v) is 39.0. The van der Waals surface area contributed by atoms with E-state index in [4.69, 9.17) is 0 Å². The molecule has 0 saturated carbocycles. The van der Waals surface area contributed by atoms with Gasteiger partial charge in [-0.25, -0.2) is 4.70 Å². The van der Waals surface area contributed by atoms with E-state index in [1.807, 2.05) is 0 Å². The van der Waals surface area contributed by atoms with Crippen molar-refractivity contribution >= 4 is 11.4 Å². The van der Waals surface area contributed by atoms with Crippen LogP contribution in [0.5, 0.6) is 0 Å². The van der Waals surface area contributed by atoms with E-state index in [-0.39, 0.29) is 0 Å². The third-order valence-corrected chi connectivity index (χ3v) is 11.5. The van der Waals surface area contributed by atoms with Crippen LogP contribution in [0, 0.1) is 11.8 Å². The molecule has 1 aliphatic rings. The van der Waals surface area contributed by atoms with Crippen LogP contribution in [0.15, 0.2) is 59.7 Å². The van der Waals surface area contributed by atoms with Gasteiger partial charge >= 0.3 is 26.2 Å². The van der Waals surface area contributed by atoms with Crippen LogP contribution in [0.25, 0.3) is 16.9 Å². The molecule has 322 valence electrons. The molecule has 0 spiro atoms. The molecule has 0 atom stereocenters. The summed E-state index contributed by atoms with van der Waals surface area (Å²) >= 11 is 1.62. The molecule has 2 aromatic rings. The topological polar surface area (TPSA) is 25.3 Å². The molecule has 0 amide bonds. The van der Waals surface area contributed by atoms with E-state index in [2.05, 4.69) is 99.9 Å². The Labute approximate surface area is 360 Å². The molecule has 0 aliphatic carbocycles. The molecule has 0 saturated heterocycles. The van der Waals surface area contributed by atoms with Crippen LogP contribution in [0.4, 0.5) is 0 Å². The average molecular weight is 822 g/mol. The van der Waals surface area contributed by atoms with Crippen molar-refractivity contribution in [1.29, 1.82) is 0 Å². The van der Waals surface area contributed by atoms with Crippen molar-refractivity contribution in [1.82, 2.24) is 0 Å². The van der Waals surface area contributed by atoms with Crippen molar-refractivity contribution in [3.8, 4) is 11.8 Å². The number of hydrogen-bond acceptors (Lipinski definition) is 0. The van der Waals surface area contributed by atoms with Gasteiger partial charge in [-0.1, -0.05) is 180 Å². The third-order valence-electron chi connectivity index (χ3n) is 11.5. The van der Waals surface area contributed by atoms with Crippen LogP contribution < -0.4 is 0 Å². The summed E-state index contributed by atoms with van der Waals surface area (Å²) in [5, 5.41) is 0. The van der Waals surface area contributed by atoms with Crippen molar-refractivity contribution in [2.75, 3.05) is 0 Å². The van der Waals surface area contributed by atoms with E-state index in [1.54, 1.807) is 19.1 Å². The molecule has 1 aliphatic heterocycles. The fourth-order valence-corrected chi connectivity index (χ4v) is 8.13. The number of allylic oxidation sites excluding steroid dienone is 2. The van der Waals surface area contributed by atoms with Crippen molar-refractivity contribution in [2.45, 2.75) is 232 Å². The number of hydrogen-bond donors (Lipinski definition) is 0. The monoisotopic (exact) mass is 821 g/mol. The van der Waals surface area contributed by atoms with Gasteiger partial charge in [-0.3, -0.25) is 0 Å². The van der Waals surface area contributed by atoms with E-state index in [1.165, 1.54) is 150 Å². The fourth-order valence-electron chi connectivity index (χ4n) is 8.13. The maximum absolute atomic E-state index is 12.1. The van der Waals surface area contributed by atoms with Crippen molar-refractivity contribution in [3.05, 3.63) is 87.5 Å². The van der Waals surface area contributed by atoms with Gasteiger partial charge < -0.3 is 5.53 Å². The molecular weight excluding hydrogens is 735 g/mol. The molecule has 0 N–H and O–H groups in total. The molecule has 3 heteroatoms. The zero-order valence-electron chi connectivity index (χ0n) is 38.0. The SMILES string of the molecule is CCCCCCCCCCCCCCCCCCCC#CCCCc1ccccc1C1=C(CCCC)C(CCCC)=C(c2ccc(CCCC)cc2)[N+]1=[N-].[CH3][Ni][CH3]. The molecule has 0 bridgehead atoms. The second kappa shape index (κ2) is 34.4. The van der Waals surface area contributed by atoms with Gasteiger partial charge in [0.2, 0.25) is 11.4 Å². The molecule has 2 nitrogen and oxygen atoms in total. The van der Waals surface area contributed by atoms with Crippen molar-refractivity contribution in [3.63, 3.8) is 0 Å². The van der Waals surface area contributed by atoms with Crippen LogP contribution >= 0.6 is 0 Å². The number of rotatable bonds is 31. The summed E-state index contributed by atoms with van der Waals surface area (Å²) in [5.41, 5.74) is 21.8. The first-order valence-electron chi connectivity index (χ1n) is 23.9. The fraction of sp³-hybridized carbons (Fsp3) is 0.667. The molecule has 0 aromatic heterocycles. The van der Waals surface area contributed by atoms with Gasteiger partial charge in [0.05, 0.1) is 0 Å². The second-order valence-corrected chi connectivity index (χ2v) is 17.5. The van der Waals surface area contributed by atoms with E-state index < -0.39 is 0 Å². The molecule has 1 heterocycles. The van der Waals surface area contributed by atoms with Gasteiger partial charge in [0, 0.05) is 35.1 Å². The Morgan fingerprint density at radius 1 is 0.456 bits per heavy atom. The summed E-state index contributed by atoms with van der Waals surface area (Å²) in [7, 11) is 0. The molecule has 3 rings (SSSR count). The first-order valence-corrected chi connectivity index (χ1v) is 25.9. The molecule has 2 aromatic carbocycles. The Morgan fingerprint density at radius 3 is 1.39 bits per heavy atom. The number of aryl methyl sites for hydroxylation is 2. The third kappa shape index (κ3) is 20.9. The van der Waals surface area contributed by atoms with Crippen LogP contribution in [0.2, 0.25) is 11.8 Å². The van der Waals surface area contributed by atoms with Gasteiger partial charge in [0.25, 0.3) is 0 Å². The Balaban J connectivity index is 0.00000362. The van der Waals surface area contributed by atoms with Crippen LogP contribution in [-0.4, -0.2) is 4.70 Å². The number of nitrogens with zero attached hydrogens (tertiary/aromatic N) is 2. The molecule has 0 unspecified atom stereocenters. The van der Waals surface area contributed by atoms with Crippen molar-refractivity contribution in [2.24, 2.45) is 0 Å². The van der Waals surface area contributed by atoms with Crippen LogP contribution in [0.3, 0.4) is 0 Å². The molecule has 57 heavy (non-hydrogen) atoms. The second-order valence-electron chi connectivity index (χ2n) is 16.6.